The van der Waals surface area contributed by atoms with E-state index in [1.807, 2.05) is 6.07 Å². The Bertz CT molecular complexity index is 408. The topological polar surface area (TPSA) is 30.5 Å². The molecule has 0 atom stereocenters. The van der Waals surface area contributed by atoms with Gasteiger partial charge in [-0.25, -0.2) is 0 Å². The number of nitrogens with one attached hydrogen (secondary N) is 1. The van der Waals surface area contributed by atoms with E-state index in [-0.39, 0.29) is 5.54 Å². The van der Waals surface area contributed by atoms with Crippen LogP contribution < -0.4 is 14.8 Å². The lowest BCUT2D eigenvalue weighted by molar-refractivity contribution is 0.272. The molecule has 114 valence electrons. The number of benzene rings is 1. The van der Waals surface area contributed by atoms with E-state index in [2.05, 4.69) is 52.1 Å². The van der Waals surface area contributed by atoms with Crippen molar-refractivity contribution in [1.82, 2.24) is 5.32 Å². The fourth-order valence-electron chi connectivity index (χ4n) is 1.72. The summed E-state index contributed by atoms with van der Waals surface area (Å²) < 4.78 is 11.2. The van der Waals surface area contributed by atoms with Gasteiger partial charge in [-0.1, -0.05) is 19.9 Å². The van der Waals surface area contributed by atoms with Crippen LogP contribution in [0.15, 0.2) is 18.2 Å². The van der Waals surface area contributed by atoms with Gasteiger partial charge in [-0.15, -0.1) is 0 Å². The molecular formula is C17H29NO2. The molecule has 0 aromatic heterocycles. The lowest BCUT2D eigenvalue weighted by atomic mass is 10.1. The van der Waals surface area contributed by atoms with E-state index in [0.717, 1.165) is 31.1 Å². The largest absolute Gasteiger partial charge is 0.493 e. The second kappa shape index (κ2) is 7.53. The zero-order valence-electron chi connectivity index (χ0n) is 13.7. The molecule has 3 nitrogen and oxygen atoms in total. The molecule has 0 saturated carbocycles. The highest BCUT2D eigenvalue weighted by Crippen LogP contribution is 2.28. The third-order valence-electron chi connectivity index (χ3n) is 3.00. The van der Waals surface area contributed by atoms with Crippen molar-refractivity contribution in [2.75, 3.05) is 13.7 Å². The Hall–Kier alpha value is -1.22. The van der Waals surface area contributed by atoms with E-state index in [9.17, 15) is 0 Å². The summed E-state index contributed by atoms with van der Waals surface area (Å²) in [6.07, 6.45) is 1.05. The number of hydrogen-bond donors (Lipinski definition) is 1. The third-order valence-corrected chi connectivity index (χ3v) is 3.00. The minimum Gasteiger partial charge on any atom is -0.493 e. The van der Waals surface area contributed by atoms with Crippen molar-refractivity contribution in [3.05, 3.63) is 23.8 Å². The molecule has 0 saturated heterocycles. The first-order valence-corrected chi connectivity index (χ1v) is 7.36. The van der Waals surface area contributed by atoms with E-state index in [1.54, 1.807) is 7.11 Å². The number of ether oxygens (including phenoxy) is 2. The van der Waals surface area contributed by atoms with Crippen molar-refractivity contribution >= 4 is 0 Å². The van der Waals surface area contributed by atoms with E-state index in [0.29, 0.717) is 5.92 Å². The Kier molecular flexibility index (Phi) is 6.34. The van der Waals surface area contributed by atoms with E-state index in [4.69, 9.17) is 9.47 Å². The van der Waals surface area contributed by atoms with Gasteiger partial charge in [-0.2, -0.15) is 0 Å². The average Bonchev–Trinajstić information content (AvgIpc) is 2.35. The summed E-state index contributed by atoms with van der Waals surface area (Å²) in [6.45, 7) is 12.4. The normalized spacial score (nSPS) is 11.8. The van der Waals surface area contributed by atoms with Gasteiger partial charge in [-0.3, -0.25) is 0 Å². The highest BCUT2D eigenvalue weighted by atomic mass is 16.5. The molecule has 0 unspecified atom stereocenters. The summed E-state index contributed by atoms with van der Waals surface area (Å²) in [5, 5.41) is 3.48. The Morgan fingerprint density at radius 2 is 1.85 bits per heavy atom. The molecule has 0 bridgehead atoms. The van der Waals surface area contributed by atoms with Crippen LogP contribution in [-0.4, -0.2) is 19.3 Å². The lowest BCUT2D eigenvalue weighted by Crippen LogP contribution is -2.35. The SMILES string of the molecule is COc1ccc(CNC(C)(C)C)cc1OCCC(C)C. The molecule has 0 radical (unpaired) electrons. The molecular weight excluding hydrogens is 250 g/mol. The van der Waals surface area contributed by atoms with Crippen LogP contribution in [0.2, 0.25) is 0 Å². The predicted molar refractivity (Wildman–Crippen MR) is 84.5 cm³/mol. The second-order valence-electron chi connectivity index (χ2n) is 6.62. The quantitative estimate of drug-likeness (QED) is 0.818. The maximum absolute atomic E-state index is 5.86. The summed E-state index contributed by atoms with van der Waals surface area (Å²) in [5.41, 5.74) is 1.32. The third kappa shape index (κ3) is 6.29. The van der Waals surface area contributed by atoms with E-state index in [1.165, 1.54) is 5.56 Å². The Balaban J connectivity index is 2.70. The molecule has 20 heavy (non-hydrogen) atoms. The van der Waals surface area contributed by atoms with Gasteiger partial charge in [0, 0.05) is 12.1 Å². The number of rotatable bonds is 7. The van der Waals surface area contributed by atoms with Gasteiger partial charge in [0.25, 0.3) is 0 Å². The first-order valence-electron chi connectivity index (χ1n) is 7.36. The van der Waals surface area contributed by atoms with Crippen LogP contribution in [0.4, 0.5) is 0 Å². The van der Waals surface area contributed by atoms with Crippen molar-refractivity contribution in [3.8, 4) is 11.5 Å². The van der Waals surface area contributed by atoms with Crippen molar-refractivity contribution in [3.63, 3.8) is 0 Å². The predicted octanol–water partition coefficient (Wildman–Crippen LogP) is 4.01. The fourth-order valence-corrected chi connectivity index (χ4v) is 1.72. The van der Waals surface area contributed by atoms with Crippen LogP contribution >= 0.6 is 0 Å². The first kappa shape index (κ1) is 16.8. The van der Waals surface area contributed by atoms with Gasteiger partial charge in [-0.05, 0) is 50.8 Å². The molecule has 0 fully saturated rings. The highest BCUT2D eigenvalue weighted by Gasteiger charge is 2.10. The lowest BCUT2D eigenvalue weighted by Gasteiger charge is -2.21. The van der Waals surface area contributed by atoms with Gasteiger partial charge in [0.2, 0.25) is 0 Å². The van der Waals surface area contributed by atoms with Gasteiger partial charge in [0.05, 0.1) is 13.7 Å². The van der Waals surface area contributed by atoms with E-state index >= 15 is 0 Å². The van der Waals surface area contributed by atoms with Crippen LogP contribution in [0.25, 0.3) is 0 Å². The molecule has 0 amide bonds. The highest BCUT2D eigenvalue weighted by molar-refractivity contribution is 5.43. The second-order valence-corrected chi connectivity index (χ2v) is 6.62. The maximum Gasteiger partial charge on any atom is 0.161 e. The van der Waals surface area contributed by atoms with Gasteiger partial charge in [0.15, 0.2) is 11.5 Å². The summed E-state index contributed by atoms with van der Waals surface area (Å²) in [6, 6.07) is 6.12. The molecule has 0 aliphatic heterocycles. The Morgan fingerprint density at radius 1 is 1.15 bits per heavy atom. The van der Waals surface area contributed by atoms with Crippen molar-refractivity contribution in [2.45, 2.75) is 53.1 Å². The maximum atomic E-state index is 5.86. The van der Waals surface area contributed by atoms with Crippen LogP contribution in [0.5, 0.6) is 11.5 Å². The fraction of sp³-hybridized carbons (Fsp3) is 0.647. The molecule has 0 aliphatic carbocycles. The molecule has 0 heterocycles. The van der Waals surface area contributed by atoms with Crippen LogP contribution in [0.1, 0.15) is 46.6 Å². The monoisotopic (exact) mass is 279 g/mol. The minimum absolute atomic E-state index is 0.110. The average molecular weight is 279 g/mol. The molecule has 1 N–H and O–H groups in total. The Labute approximate surface area is 123 Å². The molecule has 0 aliphatic rings. The number of hydrogen-bond acceptors (Lipinski definition) is 3. The molecule has 1 rings (SSSR count). The van der Waals surface area contributed by atoms with Crippen LogP contribution in [0, 0.1) is 5.92 Å². The first-order chi connectivity index (χ1) is 9.31. The van der Waals surface area contributed by atoms with Crippen molar-refractivity contribution < 1.29 is 9.47 Å². The summed E-state index contributed by atoms with van der Waals surface area (Å²) in [4.78, 5) is 0. The summed E-state index contributed by atoms with van der Waals surface area (Å²) >= 11 is 0. The van der Waals surface area contributed by atoms with Crippen LogP contribution in [0.3, 0.4) is 0 Å². The Morgan fingerprint density at radius 3 is 2.40 bits per heavy atom. The zero-order chi connectivity index (χ0) is 15.2. The van der Waals surface area contributed by atoms with Gasteiger partial charge < -0.3 is 14.8 Å². The van der Waals surface area contributed by atoms with Gasteiger partial charge >= 0.3 is 0 Å². The molecule has 1 aromatic carbocycles. The van der Waals surface area contributed by atoms with Gasteiger partial charge in [0.1, 0.15) is 0 Å². The van der Waals surface area contributed by atoms with E-state index < -0.39 is 0 Å². The molecule has 3 heteroatoms. The standard InChI is InChI=1S/C17H29NO2/c1-13(2)9-10-20-16-11-14(7-8-15(16)19-6)12-18-17(3,4)5/h7-8,11,13,18H,9-10,12H2,1-6H3. The number of methoxy groups -OCH3 is 1. The molecule has 0 spiro atoms. The van der Waals surface area contributed by atoms with Crippen molar-refractivity contribution in [2.24, 2.45) is 5.92 Å². The summed E-state index contributed by atoms with van der Waals surface area (Å²) in [7, 11) is 1.68. The smallest absolute Gasteiger partial charge is 0.161 e. The zero-order valence-corrected chi connectivity index (χ0v) is 13.7. The summed E-state index contributed by atoms with van der Waals surface area (Å²) in [5.74, 6) is 2.28. The van der Waals surface area contributed by atoms with Crippen molar-refractivity contribution in [1.29, 1.82) is 0 Å². The molecule has 1 aromatic rings. The van der Waals surface area contributed by atoms with Crippen LogP contribution in [-0.2, 0) is 6.54 Å². The minimum atomic E-state index is 0.110.